The van der Waals surface area contributed by atoms with E-state index in [9.17, 15) is 0 Å². The monoisotopic (exact) mass is 181 g/mol. The van der Waals surface area contributed by atoms with Crippen LogP contribution in [0, 0.1) is 0 Å². The minimum atomic E-state index is 1.07. The van der Waals surface area contributed by atoms with Crippen molar-refractivity contribution in [2.75, 3.05) is 0 Å². The van der Waals surface area contributed by atoms with E-state index in [1.807, 2.05) is 6.20 Å². The van der Waals surface area contributed by atoms with Crippen LogP contribution in [0.1, 0.15) is 51.1 Å². The van der Waals surface area contributed by atoms with E-state index in [0.717, 1.165) is 12.1 Å². The van der Waals surface area contributed by atoms with Gasteiger partial charge in [-0.15, -0.1) is 0 Å². The number of aryl methyl sites for hydroxylation is 1. The summed E-state index contributed by atoms with van der Waals surface area (Å²) < 4.78 is 0. The molecule has 0 unspecified atom stereocenters. The summed E-state index contributed by atoms with van der Waals surface area (Å²) in [5, 5.41) is 10.4. The zero-order chi connectivity index (χ0) is 9.36. The van der Waals surface area contributed by atoms with E-state index in [1.54, 1.807) is 0 Å². The van der Waals surface area contributed by atoms with Crippen LogP contribution in [0.25, 0.3) is 0 Å². The number of aromatic nitrogens is 3. The van der Waals surface area contributed by atoms with Gasteiger partial charge in [0.15, 0.2) is 0 Å². The van der Waals surface area contributed by atoms with Crippen molar-refractivity contribution in [3.8, 4) is 0 Å². The minimum absolute atomic E-state index is 1.07. The second kappa shape index (κ2) is 6.63. The van der Waals surface area contributed by atoms with Crippen LogP contribution in [0.4, 0.5) is 0 Å². The molecule has 0 fully saturated rings. The summed E-state index contributed by atoms with van der Waals surface area (Å²) in [6.07, 6.45) is 10.9. The summed E-state index contributed by atoms with van der Waals surface area (Å²) >= 11 is 0. The van der Waals surface area contributed by atoms with E-state index in [0.29, 0.717) is 0 Å². The normalized spacial score (nSPS) is 10.5. The van der Waals surface area contributed by atoms with Gasteiger partial charge >= 0.3 is 0 Å². The van der Waals surface area contributed by atoms with Gasteiger partial charge in [-0.1, -0.05) is 39.0 Å². The second-order valence-electron chi connectivity index (χ2n) is 3.48. The van der Waals surface area contributed by atoms with Crippen LogP contribution in [0.3, 0.4) is 0 Å². The van der Waals surface area contributed by atoms with Crippen molar-refractivity contribution < 1.29 is 0 Å². The number of nitrogens with zero attached hydrogens (tertiary/aromatic N) is 2. The molecule has 1 aromatic heterocycles. The molecule has 0 aliphatic carbocycles. The van der Waals surface area contributed by atoms with Gasteiger partial charge in [0.1, 0.15) is 0 Å². The van der Waals surface area contributed by atoms with Crippen LogP contribution in [0.5, 0.6) is 0 Å². The minimum Gasteiger partial charge on any atom is -0.198 e. The number of rotatable bonds is 7. The van der Waals surface area contributed by atoms with E-state index in [-0.39, 0.29) is 0 Å². The highest BCUT2D eigenvalue weighted by molar-refractivity contribution is 4.89. The lowest BCUT2D eigenvalue weighted by molar-refractivity contribution is 0.604. The third-order valence-electron chi connectivity index (χ3n) is 2.25. The van der Waals surface area contributed by atoms with Crippen LogP contribution in [0.2, 0.25) is 0 Å². The predicted molar refractivity (Wildman–Crippen MR) is 53.5 cm³/mol. The van der Waals surface area contributed by atoms with Crippen molar-refractivity contribution in [1.82, 2.24) is 15.4 Å². The van der Waals surface area contributed by atoms with Crippen LogP contribution in [0.15, 0.2) is 6.20 Å². The summed E-state index contributed by atoms with van der Waals surface area (Å²) in [6, 6.07) is 0. The van der Waals surface area contributed by atoms with E-state index in [1.165, 1.54) is 38.5 Å². The maximum absolute atomic E-state index is 4.01. The van der Waals surface area contributed by atoms with Gasteiger partial charge in [-0.25, -0.2) is 0 Å². The van der Waals surface area contributed by atoms with Gasteiger partial charge in [0.2, 0.25) is 0 Å². The molecule has 0 saturated carbocycles. The van der Waals surface area contributed by atoms with Crippen molar-refractivity contribution in [1.29, 1.82) is 0 Å². The van der Waals surface area contributed by atoms with Crippen molar-refractivity contribution in [2.24, 2.45) is 0 Å². The topological polar surface area (TPSA) is 41.6 Å². The molecule has 74 valence electrons. The Morgan fingerprint density at radius 3 is 2.62 bits per heavy atom. The van der Waals surface area contributed by atoms with E-state index in [2.05, 4.69) is 22.3 Å². The number of H-pyrrole nitrogens is 1. The number of nitrogens with one attached hydrogen (secondary N) is 1. The second-order valence-corrected chi connectivity index (χ2v) is 3.48. The Hall–Kier alpha value is -0.860. The van der Waals surface area contributed by atoms with Gasteiger partial charge in [0.05, 0.1) is 11.9 Å². The van der Waals surface area contributed by atoms with Gasteiger partial charge in [-0.3, -0.25) is 0 Å². The zero-order valence-corrected chi connectivity index (χ0v) is 8.42. The molecule has 0 atom stereocenters. The van der Waals surface area contributed by atoms with Gasteiger partial charge in [-0.2, -0.15) is 15.4 Å². The van der Waals surface area contributed by atoms with E-state index < -0.39 is 0 Å². The molecule has 13 heavy (non-hydrogen) atoms. The average molecular weight is 181 g/mol. The molecule has 1 aromatic rings. The van der Waals surface area contributed by atoms with Crippen LogP contribution < -0.4 is 0 Å². The Balaban J connectivity index is 1.90. The van der Waals surface area contributed by atoms with Gasteiger partial charge in [-0.05, 0) is 12.8 Å². The molecule has 0 aliphatic rings. The predicted octanol–water partition coefficient (Wildman–Crippen LogP) is 2.71. The standard InChI is InChI=1S/C10H19N3/c1-2-3-4-5-6-7-8-10-9-11-13-12-10/h9H,2-8H2,1H3,(H,11,12,13). The summed E-state index contributed by atoms with van der Waals surface area (Å²) in [5.41, 5.74) is 1.09. The third kappa shape index (κ3) is 4.65. The molecule has 0 spiro atoms. The fourth-order valence-corrected chi connectivity index (χ4v) is 1.43. The maximum atomic E-state index is 4.01. The highest BCUT2D eigenvalue weighted by Gasteiger charge is 1.95. The molecule has 1 rings (SSSR count). The molecule has 3 heteroatoms. The highest BCUT2D eigenvalue weighted by atomic mass is 15.3. The van der Waals surface area contributed by atoms with Crippen LogP contribution >= 0.6 is 0 Å². The Labute approximate surface area is 79.9 Å². The molecule has 0 aromatic carbocycles. The lowest BCUT2D eigenvalue weighted by Crippen LogP contribution is -1.86. The number of aromatic amines is 1. The molecule has 0 bridgehead atoms. The van der Waals surface area contributed by atoms with Gasteiger partial charge < -0.3 is 0 Å². The fourth-order valence-electron chi connectivity index (χ4n) is 1.43. The quantitative estimate of drug-likeness (QED) is 0.657. The van der Waals surface area contributed by atoms with Crippen molar-refractivity contribution in [2.45, 2.75) is 51.9 Å². The molecule has 0 amide bonds. The molecule has 0 saturated heterocycles. The molecular weight excluding hydrogens is 162 g/mol. The first kappa shape index (κ1) is 10.2. The number of hydrogen-bond acceptors (Lipinski definition) is 2. The largest absolute Gasteiger partial charge is 0.198 e. The summed E-state index contributed by atoms with van der Waals surface area (Å²) in [7, 11) is 0. The SMILES string of the molecule is CCCCCCCCc1cn[nH]n1. The van der Waals surface area contributed by atoms with Gasteiger partial charge in [0, 0.05) is 0 Å². The van der Waals surface area contributed by atoms with Gasteiger partial charge in [0.25, 0.3) is 0 Å². The summed E-state index contributed by atoms with van der Waals surface area (Å²) in [4.78, 5) is 0. The van der Waals surface area contributed by atoms with E-state index in [4.69, 9.17) is 0 Å². The molecule has 1 heterocycles. The number of hydrogen-bond donors (Lipinski definition) is 1. The average Bonchev–Trinajstić information content (AvgIpc) is 2.63. The molecular formula is C10H19N3. The van der Waals surface area contributed by atoms with E-state index >= 15 is 0 Å². The van der Waals surface area contributed by atoms with Crippen LogP contribution in [-0.4, -0.2) is 15.4 Å². The van der Waals surface area contributed by atoms with Crippen molar-refractivity contribution in [3.63, 3.8) is 0 Å². The summed E-state index contributed by atoms with van der Waals surface area (Å²) in [5.74, 6) is 0. The Bertz CT molecular complexity index is 194. The third-order valence-corrected chi connectivity index (χ3v) is 2.25. The smallest absolute Gasteiger partial charge is 0.0824 e. The first-order valence-electron chi connectivity index (χ1n) is 5.28. The van der Waals surface area contributed by atoms with Crippen LogP contribution in [-0.2, 0) is 6.42 Å². The number of unbranched alkanes of at least 4 members (excludes halogenated alkanes) is 5. The Morgan fingerprint density at radius 1 is 1.15 bits per heavy atom. The first-order chi connectivity index (χ1) is 6.43. The zero-order valence-electron chi connectivity index (χ0n) is 8.42. The molecule has 0 radical (unpaired) electrons. The first-order valence-corrected chi connectivity index (χ1v) is 5.28. The summed E-state index contributed by atoms with van der Waals surface area (Å²) in [6.45, 7) is 2.25. The van der Waals surface area contributed by atoms with Crippen molar-refractivity contribution >= 4 is 0 Å². The Morgan fingerprint density at radius 2 is 1.92 bits per heavy atom. The fraction of sp³-hybridized carbons (Fsp3) is 0.800. The highest BCUT2D eigenvalue weighted by Crippen LogP contribution is 2.07. The van der Waals surface area contributed by atoms with Crippen molar-refractivity contribution in [3.05, 3.63) is 11.9 Å². The Kier molecular flexibility index (Phi) is 5.22. The molecule has 3 nitrogen and oxygen atoms in total. The molecule has 1 N–H and O–H groups in total. The molecule has 0 aliphatic heterocycles. The lowest BCUT2D eigenvalue weighted by atomic mass is 10.1. The maximum Gasteiger partial charge on any atom is 0.0824 e. The lowest BCUT2D eigenvalue weighted by Gasteiger charge is -1.97.